The van der Waals surface area contributed by atoms with Gasteiger partial charge in [0.1, 0.15) is 0 Å². The number of piperazine rings is 1. The lowest BCUT2D eigenvalue weighted by molar-refractivity contribution is -0.138. The van der Waals surface area contributed by atoms with Gasteiger partial charge in [0.25, 0.3) is 0 Å². The average Bonchev–Trinajstić information content (AvgIpc) is 2.84. The van der Waals surface area contributed by atoms with E-state index in [2.05, 4.69) is 5.32 Å². The summed E-state index contributed by atoms with van der Waals surface area (Å²) in [5.41, 5.74) is 0. The summed E-state index contributed by atoms with van der Waals surface area (Å²) in [5.74, 6) is 0.370. The quantitative estimate of drug-likeness (QED) is 0.789. The Morgan fingerprint density at radius 3 is 2.04 bits per heavy atom. The van der Waals surface area contributed by atoms with E-state index in [1.54, 1.807) is 16.7 Å². The molecule has 0 radical (unpaired) electrons. The van der Waals surface area contributed by atoms with Gasteiger partial charge in [-0.25, -0.2) is 0 Å². The summed E-state index contributed by atoms with van der Waals surface area (Å²) < 4.78 is 0. The van der Waals surface area contributed by atoms with Gasteiger partial charge in [-0.3, -0.25) is 14.4 Å². The maximum absolute atomic E-state index is 12.2. The molecule has 0 aromatic heterocycles. The van der Waals surface area contributed by atoms with Crippen LogP contribution in [0.1, 0.15) is 51.9 Å². The number of carbonyl (C=O) groups is 3. The van der Waals surface area contributed by atoms with E-state index in [0.717, 1.165) is 25.7 Å². The normalized spacial score (nSPS) is 20.0. The minimum absolute atomic E-state index is 0.0627. The SMILES string of the molecule is CC(=O)N1CCN(C(=O)CCNC(=O)C2CCCCCC2)CC1. The van der Waals surface area contributed by atoms with Crippen LogP contribution in [0.4, 0.5) is 0 Å². The average molecular weight is 323 g/mol. The van der Waals surface area contributed by atoms with Crippen LogP contribution < -0.4 is 5.32 Å². The van der Waals surface area contributed by atoms with E-state index >= 15 is 0 Å². The second-order valence-electron chi connectivity index (χ2n) is 6.62. The predicted molar refractivity (Wildman–Crippen MR) is 87.7 cm³/mol. The van der Waals surface area contributed by atoms with Crippen molar-refractivity contribution in [3.8, 4) is 0 Å². The van der Waals surface area contributed by atoms with E-state index in [4.69, 9.17) is 0 Å². The molecule has 6 nitrogen and oxygen atoms in total. The van der Waals surface area contributed by atoms with E-state index in [-0.39, 0.29) is 23.6 Å². The van der Waals surface area contributed by atoms with Crippen molar-refractivity contribution < 1.29 is 14.4 Å². The van der Waals surface area contributed by atoms with Crippen molar-refractivity contribution in [1.29, 1.82) is 0 Å². The van der Waals surface area contributed by atoms with E-state index < -0.39 is 0 Å². The van der Waals surface area contributed by atoms with E-state index in [9.17, 15) is 14.4 Å². The summed E-state index contributed by atoms with van der Waals surface area (Å²) in [5, 5.41) is 2.93. The summed E-state index contributed by atoms with van der Waals surface area (Å²) in [6.45, 7) is 4.37. The lowest BCUT2D eigenvalue weighted by atomic mass is 9.99. The van der Waals surface area contributed by atoms with Crippen molar-refractivity contribution in [2.45, 2.75) is 51.9 Å². The molecule has 1 saturated heterocycles. The summed E-state index contributed by atoms with van der Waals surface area (Å²) in [6, 6.07) is 0. The zero-order valence-corrected chi connectivity index (χ0v) is 14.2. The largest absolute Gasteiger partial charge is 0.355 e. The van der Waals surface area contributed by atoms with Gasteiger partial charge < -0.3 is 15.1 Å². The van der Waals surface area contributed by atoms with Gasteiger partial charge in [0, 0.05) is 52.0 Å². The lowest BCUT2D eigenvalue weighted by Gasteiger charge is -2.34. The van der Waals surface area contributed by atoms with E-state index in [1.165, 1.54) is 12.8 Å². The fraction of sp³-hybridized carbons (Fsp3) is 0.824. The third-order valence-corrected chi connectivity index (χ3v) is 4.94. The molecule has 2 fully saturated rings. The molecule has 1 N–H and O–H groups in total. The first-order chi connectivity index (χ1) is 11.1. The van der Waals surface area contributed by atoms with Crippen molar-refractivity contribution in [3.63, 3.8) is 0 Å². The molecule has 0 bridgehead atoms. The summed E-state index contributed by atoms with van der Waals surface area (Å²) in [6.07, 6.45) is 7.04. The number of carbonyl (C=O) groups excluding carboxylic acids is 3. The van der Waals surface area contributed by atoms with E-state index in [1.807, 2.05) is 0 Å². The molecule has 1 aliphatic carbocycles. The summed E-state index contributed by atoms with van der Waals surface area (Å²) >= 11 is 0. The molecular weight excluding hydrogens is 294 g/mol. The van der Waals surface area contributed by atoms with Crippen LogP contribution in [0.25, 0.3) is 0 Å². The molecule has 0 aromatic carbocycles. The fourth-order valence-corrected chi connectivity index (χ4v) is 3.41. The third-order valence-electron chi connectivity index (χ3n) is 4.94. The predicted octanol–water partition coefficient (Wildman–Crippen LogP) is 1.15. The van der Waals surface area contributed by atoms with Crippen LogP contribution in [-0.2, 0) is 14.4 Å². The molecule has 2 aliphatic rings. The van der Waals surface area contributed by atoms with Gasteiger partial charge in [-0.2, -0.15) is 0 Å². The zero-order valence-electron chi connectivity index (χ0n) is 14.2. The van der Waals surface area contributed by atoms with Gasteiger partial charge in [0.05, 0.1) is 0 Å². The Balaban J connectivity index is 1.64. The molecule has 3 amide bonds. The Morgan fingerprint density at radius 1 is 0.913 bits per heavy atom. The van der Waals surface area contributed by atoms with Crippen LogP contribution in [0.15, 0.2) is 0 Å². The molecule has 1 saturated carbocycles. The van der Waals surface area contributed by atoms with Crippen LogP contribution in [0.3, 0.4) is 0 Å². The summed E-state index contributed by atoms with van der Waals surface area (Å²) in [7, 11) is 0. The Hall–Kier alpha value is -1.59. The Labute approximate surface area is 138 Å². The number of hydrogen-bond donors (Lipinski definition) is 1. The van der Waals surface area contributed by atoms with Crippen molar-refractivity contribution in [2.75, 3.05) is 32.7 Å². The molecule has 0 atom stereocenters. The highest BCUT2D eigenvalue weighted by molar-refractivity contribution is 5.80. The molecule has 6 heteroatoms. The first-order valence-corrected chi connectivity index (χ1v) is 8.89. The van der Waals surface area contributed by atoms with Crippen molar-refractivity contribution in [2.24, 2.45) is 5.92 Å². The van der Waals surface area contributed by atoms with Crippen LogP contribution in [0.5, 0.6) is 0 Å². The van der Waals surface area contributed by atoms with Gasteiger partial charge in [0.15, 0.2) is 0 Å². The van der Waals surface area contributed by atoms with Gasteiger partial charge in [-0.05, 0) is 12.8 Å². The molecule has 0 unspecified atom stereocenters. The van der Waals surface area contributed by atoms with Crippen molar-refractivity contribution in [1.82, 2.24) is 15.1 Å². The highest BCUT2D eigenvalue weighted by atomic mass is 16.2. The van der Waals surface area contributed by atoms with Crippen molar-refractivity contribution in [3.05, 3.63) is 0 Å². The molecular formula is C17H29N3O3. The number of nitrogens with zero attached hydrogens (tertiary/aromatic N) is 2. The first kappa shape index (κ1) is 17.8. The topological polar surface area (TPSA) is 69.7 Å². The number of amides is 3. The monoisotopic (exact) mass is 323 g/mol. The number of nitrogens with one attached hydrogen (secondary N) is 1. The number of hydrogen-bond acceptors (Lipinski definition) is 3. The second-order valence-corrected chi connectivity index (χ2v) is 6.62. The Bertz CT molecular complexity index is 423. The molecule has 0 aromatic rings. The van der Waals surface area contributed by atoms with Gasteiger partial charge in [0.2, 0.25) is 17.7 Å². The highest BCUT2D eigenvalue weighted by Crippen LogP contribution is 2.22. The second kappa shape index (κ2) is 8.89. The van der Waals surface area contributed by atoms with Crippen LogP contribution in [0.2, 0.25) is 0 Å². The number of rotatable bonds is 4. The fourth-order valence-electron chi connectivity index (χ4n) is 3.41. The maximum atomic E-state index is 12.2. The molecule has 23 heavy (non-hydrogen) atoms. The van der Waals surface area contributed by atoms with E-state index in [0.29, 0.717) is 39.1 Å². The van der Waals surface area contributed by atoms with Crippen LogP contribution in [-0.4, -0.2) is 60.2 Å². The minimum atomic E-state index is 0.0627. The molecule has 1 aliphatic heterocycles. The zero-order chi connectivity index (χ0) is 16.7. The Morgan fingerprint density at radius 2 is 1.48 bits per heavy atom. The smallest absolute Gasteiger partial charge is 0.224 e. The minimum Gasteiger partial charge on any atom is -0.355 e. The van der Waals surface area contributed by atoms with Crippen molar-refractivity contribution >= 4 is 17.7 Å². The standard InChI is InChI=1S/C17H29N3O3/c1-14(21)19-10-12-20(13-11-19)16(22)8-9-18-17(23)15-6-4-2-3-5-7-15/h15H,2-13H2,1H3,(H,18,23). The van der Waals surface area contributed by atoms with Gasteiger partial charge in [-0.1, -0.05) is 25.7 Å². The maximum Gasteiger partial charge on any atom is 0.224 e. The highest BCUT2D eigenvalue weighted by Gasteiger charge is 2.23. The first-order valence-electron chi connectivity index (χ1n) is 8.89. The summed E-state index contributed by atoms with van der Waals surface area (Å²) in [4.78, 5) is 39.1. The lowest BCUT2D eigenvalue weighted by Crippen LogP contribution is -2.50. The van der Waals surface area contributed by atoms with Crippen LogP contribution >= 0.6 is 0 Å². The molecule has 130 valence electrons. The van der Waals surface area contributed by atoms with Crippen LogP contribution in [0, 0.1) is 5.92 Å². The van der Waals surface area contributed by atoms with Gasteiger partial charge in [-0.15, -0.1) is 0 Å². The Kier molecular flexibility index (Phi) is 6.86. The molecule has 2 rings (SSSR count). The molecule has 1 heterocycles. The molecule has 0 spiro atoms. The van der Waals surface area contributed by atoms with Gasteiger partial charge >= 0.3 is 0 Å². The third kappa shape index (κ3) is 5.52.